The van der Waals surface area contributed by atoms with E-state index in [1.54, 1.807) is 0 Å². The first-order valence-corrected chi connectivity index (χ1v) is 37.8. The smallest absolute Gasteiger partial charge is 0.462 e. The van der Waals surface area contributed by atoms with E-state index in [1.807, 2.05) is 0 Å². The predicted octanol–water partition coefficient (Wildman–Crippen LogP) is 18.7. The van der Waals surface area contributed by atoms with Crippen molar-refractivity contribution in [2.45, 2.75) is 349 Å². The molecule has 0 aromatic rings. The largest absolute Gasteiger partial charge is 0.472 e. The van der Waals surface area contributed by atoms with E-state index in [0.717, 1.165) is 115 Å². The summed E-state index contributed by atoms with van der Waals surface area (Å²) < 4.78 is 68.0. The van der Waals surface area contributed by atoms with Gasteiger partial charge >= 0.3 is 39.5 Å². The highest BCUT2D eigenvalue weighted by Crippen LogP contribution is 2.45. The number of hydrogen-bond donors (Lipinski definition) is 3. The topological polar surface area (TPSA) is 237 Å². The molecule has 19 heteroatoms. The van der Waals surface area contributed by atoms with Crippen molar-refractivity contribution < 1.29 is 80.2 Å². The number of ether oxygens (including phenoxy) is 4. The lowest BCUT2D eigenvalue weighted by Crippen LogP contribution is -2.30. The molecule has 0 saturated carbocycles. The number of esters is 4. The molecule has 0 spiro atoms. The van der Waals surface area contributed by atoms with Crippen LogP contribution in [0.1, 0.15) is 331 Å². The molecule has 5 atom stereocenters. The summed E-state index contributed by atoms with van der Waals surface area (Å²) in [6.07, 6.45) is 40.6. The summed E-state index contributed by atoms with van der Waals surface area (Å²) in [7, 11) is -9.89. The van der Waals surface area contributed by atoms with Gasteiger partial charge in [-0.3, -0.25) is 37.3 Å². The number of carbonyl (C=O) groups is 4. The van der Waals surface area contributed by atoms with Crippen LogP contribution in [0.15, 0.2) is 0 Å². The Hall–Kier alpha value is -1.94. The molecule has 0 aliphatic rings. The van der Waals surface area contributed by atoms with E-state index in [0.29, 0.717) is 31.6 Å². The van der Waals surface area contributed by atoms with Crippen LogP contribution in [-0.4, -0.2) is 96.7 Å². The van der Waals surface area contributed by atoms with E-state index in [9.17, 15) is 43.2 Å². The minimum Gasteiger partial charge on any atom is -0.462 e. The maximum Gasteiger partial charge on any atom is 0.472 e. The first-order valence-electron chi connectivity index (χ1n) is 34.8. The summed E-state index contributed by atoms with van der Waals surface area (Å²) in [6, 6.07) is 0. The molecular weight excluding hydrogens is 1140 g/mol. The Bertz CT molecular complexity index is 1700. The molecule has 2 unspecified atom stereocenters. The van der Waals surface area contributed by atoms with E-state index >= 15 is 0 Å². The molecule has 510 valence electrons. The number of hydrogen-bond acceptors (Lipinski definition) is 15. The van der Waals surface area contributed by atoms with Gasteiger partial charge in [-0.2, -0.15) is 0 Å². The number of aliphatic hydroxyl groups excluding tert-OH is 1. The average Bonchev–Trinajstić information content (AvgIpc) is 3.48. The van der Waals surface area contributed by atoms with Gasteiger partial charge in [0.05, 0.1) is 26.4 Å². The zero-order valence-corrected chi connectivity index (χ0v) is 57.6. The van der Waals surface area contributed by atoms with Crippen molar-refractivity contribution in [3.05, 3.63) is 0 Å². The molecule has 0 aliphatic carbocycles. The van der Waals surface area contributed by atoms with Crippen molar-refractivity contribution in [2.75, 3.05) is 39.6 Å². The van der Waals surface area contributed by atoms with E-state index in [-0.39, 0.29) is 25.7 Å². The molecule has 86 heavy (non-hydrogen) atoms. The van der Waals surface area contributed by atoms with Crippen molar-refractivity contribution in [1.29, 1.82) is 0 Å². The van der Waals surface area contributed by atoms with Crippen molar-refractivity contribution in [2.24, 2.45) is 17.8 Å². The monoisotopic (exact) mass is 1270 g/mol. The summed E-state index contributed by atoms with van der Waals surface area (Å²) in [5.74, 6) is 0.0886. The second kappa shape index (κ2) is 58.2. The lowest BCUT2D eigenvalue weighted by atomic mass is 10.0. The van der Waals surface area contributed by atoms with Crippen molar-refractivity contribution in [1.82, 2.24) is 0 Å². The first-order chi connectivity index (χ1) is 41.2. The van der Waals surface area contributed by atoms with Gasteiger partial charge in [0.15, 0.2) is 12.2 Å². The molecule has 0 bridgehead atoms. The third kappa shape index (κ3) is 60.9. The second-order valence-electron chi connectivity index (χ2n) is 25.6. The lowest BCUT2D eigenvalue weighted by molar-refractivity contribution is -0.161. The van der Waals surface area contributed by atoms with Crippen molar-refractivity contribution in [3.8, 4) is 0 Å². The molecule has 0 fully saturated rings. The number of unbranched alkanes of at least 4 members (excludes halogenated alkanes) is 33. The highest BCUT2D eigenvalue weighted by atomic mass is 31.2. The molecule has 0 aromatic heterocycles. The second-order valence-corrected chi connectivity index (χ2v) is 28.5. The summed E-state index contributed by atoms with van der Waals surface area (Å²) in [5.41, 5.74) is 0. The maximum atomic E-state index is 13.0. The van der Waals surface area contributed by atoms with Crippen LogP contribution in [0, 0.1) is 17.8 Å². The molecule has 0 saturated heterocycles. The Kier molecular flexibility index (Phi) is 56.9. The Labute approximate surface area is 524 Å². The molecule has 0 aromatic carbocycles. The van der Waals surface area contributed by atoms with Gasteiger partial charge in [-0.1, -0.05) is 280 Å². The molecule has 0 radical (unpaired) electrons. The van der Waals surface area contributed by atoms with Crippen LogP contribution in [0.4, 0.5) is 0 Å². The zero-order valence-electron chi connectivity index (χ0n) is 55.8. The van der Waals surface area contributed by atoms with E-state index in [1.165, 1.54) is 128 Å². The Morgan fingerprint density at radius 1 is 0.314 bits per heavy atom. The van der Waals surface area contributed by atoms with Crippen molar-refractivity contribution >= 4 is 39.5 Å². The summed E-state index contributed by atoms with van der Waals surface area (Å²) in [4.78, 5) is 72.2. The van der Waals surface area contributed by atoms with Gasteiger partial charge in [-0.25, -0.2) is 9.13 Å². The number of phosphoric ester groups is 2. The van der Waals surface area contributed by atoms with Crippen LogP contribution in [0.5, 0.6) is 0 Å². The third-order valence-electron chi connectivity index (χ3n) is 15.4. The van der Waals surface area contributed by atoms with Gasteiger partial charge in [-0.05, 0) is 43.4 Å². The van der Waals surface area contributed by atoms with Gasteiger partial charge in [0.2, 0.25) is 0 Å². The molecule has 0 aliphatic heterocycles. The minimum absolute atomic E-state index is 0.101. The number of phosphoric acid groups is 2. The van der Waals surface area contributed by atoms with E-state index < -0.39 is 97.5 Å². The number of rotatable bonds is 65. The molecule has 0 amide bonds. The van der Waals surface area contributed by atoms with Crippen LogP contribution in [-0.2, 0) is 65.4 Å². The molecule has 3 N–H and O–H groups in total. The fraction of sp³-hybridized carbons (Fsp3) is 0.940. The summed E-state index contributed by atoms with van der Waals surface area (Å²) >= 11 is 0. The SMILES string of the molecule is CCCCCCCCCC(=O)OC[C@H](COP(=O)(O)OC[C@H](O)COP(=O)(O)OC[C@@H](COC(=O)CCCCCCCCCCCCCC(C)C)OC(=O)CCCCCCCCCCCCCCCC(C)C)OC(=O)CCCCCCCCC(C)C. The van der Waals surface area contributed by atoms with Crippen molar-refractivity contribution in [3.63, 3.8) is 0 Å². The van der Waals surface area contributed by atoms with Crippen LogP contribution in [0.25, 0.3) is 0 Å². The number of aliphatic hydroxyl groups is 1. The Balaban J connectivity index is 5.20. The fourth-order valence-electron chi connectivity index (χ4n) is 10.0. The van der Waals surface area contributed by atoms with E-state index in [2.05, 4.69) is 48.5 Å². The minimum atomic E-state index is -4.95. The predicted molar refractivity (Wildman–Crippen MR) is 344 cm³/mol. The normalized spacial score (nSPS) is 14.3. The van der Waals surface area contributed by atoms with Gasteiger partial charge in [0.25, 0.3) is 0 Å². The van der Waals surface area contributed by atoms with Crippen LogP contribution in [0.3, 0.4) is 0 Å². The Morgan fingerprint density at radius 2 is 0.535 bits per heavy atom. The standard InChI is InChI=1S/C67H130O17P2/c1-8-9-10-11-24-34-41-48-64(69)77-54-63(84-67(72)51-44-37-30-29-33-40-47-60(6)7)57-82-86(75,76)80-53-61(68)52-79-85(73,74)81-56-62(55-78-65(70)49-42-35-27-22-19-15-17-21-26-32-39-46-59(4)5)83-66(71)50-43-36-28-23-18-14-12-13-16-20-25-31-38-45-58(2)3/h58-63,68H,8-57H2,1-7H3,(H,73,74)(H,75,76)/t61-,62-,63-/m1/s1. The van der Waals surface area contributed by atoms with Gasteiger partial charge in [-0.15, -0.1) is 0 Å². The van der Waals surface area contributed by atoms with Crippen LogP contribution >= 0.6 is 15.6 Å². The quantitative estimate of drug-likeness (QED) is 0.0222. The highest BCUT2D eigenvalue weighted by molar-refractivity contribution is 7.47. The van der Waals surface area contributed by atoms with E-state index in [4.69, 9.17) is 37.0 Å². The fourth-order valence-corrected chi connectivity index (χ4v) is 11.6. The first kappa shape index (κ1) is 84.1. The van der Waals surface area contributed by atoms with Gasteiger partial charge in [0, 0.05) is 25.7 Å². The average molecular weight is 1270 g/mol. The lowest BCUT2D eigenvalue weighted by Gasteiger charge is -2.21. The zero-order chi connectivity index (χ0) is 63.8. The third-order valence-corrected chi connectivity index (χ3v) is 17.3. The maximum absolute atomic E-state index is 13.0. The Morgan fingerprint density at radius 3 is 0.791 bits per heavy atom. The van der Waals surface area contributed by atoms with Gasteiger partial charge in [0.1, 0.15) is 19.3 Å². The summed E-state index contributed by atoms with van der Waals surface area (Å²) in [5, 5.41) is 10.5. The molecule has 17 nitrogen and oxygen atoms in total. The number of carbonyl (C=O) groups excluding carboxylic acids is 4. The molecular formula is C67H130O17P2. The molecule has 0 rings (SSSR count). The summed E-state index contributed by atoms with van der Waals surface area (Å²) in [6.45, 7) is 11.7. The van der Waals surface area contributed by atoms with Crippen LogP contribution in [0.2, 0.25) is 0 Å². The highest BCUT2D eigenvalue weighted by Gasteiger charge is 2.30. The van der Waals surface area contributed by atoms with Crippen LogP contribution < -0.4 is 0 Å². The molecule has 0 heterocycles. The van der Waals surface area contributed by atoms with Gasteiger partial charge < -0.3 is 33.8 Å².